The van der Waals surface area contributed by atoms with Crippen molar-refractivity contribution in [3.8, 4) is 5.75 Å². The molecular formula is C28H32FN3O6. The number of carboxylic acids is 1. The highest BCUT2D eigenvalue weighted by Gasteiger charge is 2.36. The number of nitrogens with zero attached hydrogens (tertiary/aromatic N) is 3. The predicted molar refractivity (Wildman–Crippen MR) is 138 cm³/mol. The standard InChI is InChI=1S/C28H32FN3O6/c1-15-7-9-19-21(31(15)28(36)38-3)10-11-22-24(19)30-26(25(33)20-14-17(29)8-12-23(20)37-2)32(22)18-6-4-5-16(13-18)27(34)35/h8,10-12,14-16,18,25,33H,4-7,9,13H2,1-3H3,(H,34,35)/t15-,16?,18?,25-/m0/s1. The second-order valence-electron chi connectivity index (χ2n) is 10.1. The van der Waals surface area contributed by atoms with Gasteiger partial charge in [-0.2, -0.15) is 0 Å². The van der Waals surface area contributed by atoms with Crippen molar-refractivity contribution in [2.75, 3.05) is 19.1 Å². The van der Waals surface area contributed by atoms with E-state index in [0.29, 0.717) is 42.6 Å². The number of hydrogen-bond acceptors (Lipinski definition) is 6. The van der Waals surface area contributed by atoms with Crippen LogP contribution < -0.4 is 9.64 Å². The summed E-state index contributed by atoms with van der Waals surface area (Å²) in [4.78, 5) is 31.0. The molecule has 1 aliphatic heterocycles. The zero-order chi connectivity index (χ0) is 27.1. The fraction of sp³-hybridized carbons (Fsp3) is 0.464. The number of aromatic nitrogens is 2. The summed E-state index contributed by atoms with van der Waals surface area (Å²) in [5, 5.41) is 21.3. The van der Waals surface area contributed by atoms with E-state index in [1.54, 1.807) is 4.90 Å². The van der Waals surface area contributed by atoms with Gasteiger partial charge in [-0.3, -0.25) is 9.69 Å². The third kappa shape index (κ3) is 4.36. The van der Waals surface area contributed by atoms with Gasteiger partial charge in [0.1, 0.15) is 23.5 Å². The molecule has 2 heterocycles. The minimum absolute atomic E-state index is 0.0641. The van der Waals surface area contributed by atoms with Gasteiger partial charge in [0.25, 0.3) is 0 Å². The molecule has 9 nitrogen and oxygen atoms in total. The largest absolute Gasteiger partial charge is 0.496 e. The highest BCUT2D eigenvalue weighted by molar-refractivity contribution is 5.95. The number of carbonyl (C=O) groups excluding carboxylic acids is 1. The van der Waals surface area contributed by atoms with Gasteiger partial charge in [-0.15, -0.1) is 0 Å². The maximum absolute atomic E-state index is 14.3. The fourth-order valence-electron chi connectivity index (χ4n) is 6.05. The Kier molecular flexibility index (Phi) is 7.00. The molecule has 1 amide bonds. The molecule has 0 radical (unpaired) electrons. The number of hydrogen-bond donors (Lipinski definition) is 2. The van der Waals surface area contributed by atoms with Gasteiger partial charge in [-0.05, 0) is 69.4 Å². The highest BCUT2D eigenvalue weighted by atomic mass is 19.1. The van der Waals surface area contributed by atoms with Crippen molar-refractivity contribution in [2.24, 2.45) is 5.92 Å². The van der Waals surface area contributed by atoms with Gasteiger partial charge in [0, 0.05) is 23.2 Å². The van der Waals surface area contributed by atoms with E-state index < -0.39 is 29.9 Å². The molecule has 1 saturated carbocycles. The summed E-state index contributed by atoms with van der Waals surface area (Å²) < 4.78 is 26.6. The van der Waals surface area contributed by atoms with Gasteiger partial charge in [0.05, 0.1) is 36.9 Å². The van der Waals surface area contributed by atoms with Crippen molar-refractivity contribution in [2.45, 2.75) is 63.6 Å². The Balaban J connectivity index is 1.72. The van der Waals surface area contributed by atoms with Gasteiger partial charge in [-0.25, -0.2) is 14.2 Å². The fourth-order valence-corrected chi connectivity index (χ4v) is 6.05. The maximum atomic E-state index is 14.3. The Hall–Kier alpha value is -3.66. The summed E-state index contributed by atoms with van der Waals surface area (Å²) in [6, 6.07) is 7.37. The second kappa shape index (κ2) is 10.2. The quantitative estimate of drug-likeness (QED) is 0.482. The molecule has 0 saturated heterocycles. The number of methoxy groups -OCH3 is 2. The Morgan fingerprint density at radius 2 is 1.95 bits per heavy atom. The number of aliphatic hydroxyl groups is 1. The molecule has 1 aliphatic carbocycles. The minimum Gasteiger partial charge on any atom is -0.496 e. The third-order valence-corrected chi connectivity index (χ3v) is 7.94. The first kappa shape index (κ1) is 26.0. The first-order chi connectivity index (χ1) is 18.2. The molecule has 3 aromatic rings. The number of anilines is 1. The van der Waals surface area contributed by atoms with Gasteiger partial charge in [-0.1, -0.05) is 6.42 Å². The van der Waals surface area contributed by atoms with Crippen LogP contribution in [0.4, 0.5) is 14.9 Å². The molecule has 202 valence electrons. The van der Waals surface area contributed by atoms with Crippen molar-refractivity contribution < 1.29 is 33.7 Å². The molecule has 4 atom stereocenters. The first-order valence-corrected chi connectivity index (χ1v) is 12.9. The lowest BCUT2D eigenvalue weighted by Gasteiger charge is -2.34. The van der Waals surface area contributed by atoms with Crippen LogP contribution in [-0.4, -0.2) is 52.1 Å². The molecule has 2 N–H and O–H groups in total. The molecule has 0 bridgehead atoms. The van der Waals surface area contributed by atoms with Crippen molar-refractivity contribution in [1.82, 2.24) is 9.55 Å². The summed E-state index contributed by atoms with van der Waals surface area (Å²) in [5.41, 5.74) is 3.15. The number of ether oxygens (including phenoxy) is 2. The topological polar surface area (TPSA) is 114 Å². The molecular weight excluding hydrogens is 493 g/mol. The number of rotatable bonds is 5. The lowest BCUT2D eigenvalue weighted by Crippen LogP contribution is -2.42. The molecule has 5 rings (SSSR count). The van der Waals surface area contributed by atoms with Crippen LogP contribution in [0, 0.1) is 11.7 Å². The van der Waals surface area contributed by atoms with Crippen LogP contribution in [0.1, 0.15) is 68.1 Å². The number of fused-ring (bicyclic) bond motifs is 3. The summed E-state index contributed by atoms with van der Waals surface area (Å²) >= 11 is 0. The summed E-state index contributed by atoms with van der Waals surface area (Å²) in [7, 11) is 2.79. The van der Waals surface area contributed by atoms with E-state index in [4.69, 9.17) is 14.5 Å². The van der Waals surface area contributed by atoms with Crippen LogP contribution >= 0.6 is 0 Å². The molecule has 1 aromatic heterocycles. The predicted octanol–water partition coefficient (Wildman–Crippen LogP) is 4.99. The molecule has 2 aliphatic rings. The van der Waals surface area contributed by atoms with E-state index >= 15 is 0 Å². The number of carboxylic acid groups (broad SMARTS) is 1. The number of halogens is 1. The SMILES string of the molecule is COC(=O)N1c2ccc3c(nc([C@@H](O)c4cc(F)ccc4OC)n3C3CCCC(C(=O)O)C3)c2CC[C@@H]1C. The van der Waals surface area contributed by atoms with E-state index in [0.717, 1.165) is 23.9 Å². The zero-order valence-corrected chi connectivity index (χ0v) is 21.7. The second-order valence-corrected chi connectivity index (χ2v) is 10.1. The van der Waals surface area contributed by atoms with Crippen LogP contribution in [0.3, 0.4) is 0 Å². The van der Waals surface area contributed by atoms with E-state index in [-0.39, 0.29) is 23.5 Å². The number of benzene rings is 2. The molecule has 10 heteroatoms. The van der Waals surface area contributed by atoms with E-state index in [1.807, 2.05) is 23.6 Å². The number of aliphatic carboxylic acids is 1. The van der Waals surface area contributed by atoms with E-state index in [9.17, 15) is 24.2 Å². The van der Waals surface area contributed by atoms with Gasteiger partial charge < -0.3 is 24.3 Å². The van der Waals surface area contributed by atoms with Crippen LogP contribution in [-0.2, 0) is 16.0 Å². The van der Waals surface area contributed by atoms with Crippen molar-refractivity contribution in [1.29, 1.82) is 0 Å². The van der Waals surface area contributed by atoms with Crippen molar-refractivity contribution >= 4 is 28.8 Å². The Morgan fingerprint density at radius 3 is 2.66 bits per heavy atom. The zero-order valence-electron chi connectivity index (χ0n) is 21.7. The number of aryl methyl sites for hydroxylation is 1. The van der Waals surface area contributed by atoms with E-state index in [2.05, 4.69) is 0 Å². The molecule has 38 heavy (non-hydrogen) atoms. The summed E-state index contributed by atoms with van der Waals surface area (Å²) in [6.07, 6.45) is 2.01. The number of carbonyl (C=O) groups is 2. The average molecular weight is 526 g/mol. The van der Waals surface area contributed by atoms with Gasteiger partial charge in [0.15, 0.2) is 0 Å². The number of amides is 1. The Bertz CT molecular complexity index is 1390. The minimum atomic E-state index is -1.33. The van der Waals surface area contributed by atoms with E-state index in [1.165, 1.54) is 32.4 Å². The van der Waals surface area contributed by atoms with Crippen LogP contribution in [0.15, 0.2) is 30.3 Å². The van der Waals surface area contributed by atoms with Crippen LogP contribution in [0.25, 0.3) is 11.0 Å². The highest BCUT2D eigenvalue weighted by Crippen LogP contribution is 2.43. The van der Waals surface area contributed by atoms with Crippen LogP contribution in [0.2, 0.25) is 0 Å². The molecule has 1 fully saturated rings. The van der Waals surface area contributed by atoms with Crippen molar-refractivity contribution in [3.05, 3.63) is 53.1 Å². The van der Waals surface area contributed by atoms with Crippen LogP contribution in [0.5, 0.6) is 5.75 Å². The average Bonchev–Trinajstić information content (AvgIpc) is 3.32. The Morgan fingerprint density at radius 1 is 1.16 bits per heavy atom. The lowest BCUT2D eigenvalue weighted by atomic mass is 9.85. The molecule has 2 unspecified atom stereocenters. The smallest absolute Gasteiger partial charge is 0.414 e. The molecule has 0 spiro atoms. The normalized spacial score (nSPS) is 22.1. The van der Waals surface area contributed by atoms with Gasteiger partial charge >= 0.3 is 12.1 Å². The van der Waals surface area contributed by atoms with Gasteiger partial charge in [0.2, 0.25) is 0 Å². The monoisotopic (exact) mass is 525 g/mol. The number of aliphatic hydroxyl groups excluding tert-OH is 1. The lowest BCUT2D eigenvalue weighted by molar-refractivity contribution is -0.143. The maximum Gasteiger partial charge on any atom is 0.414 e. The van der Waals surface area contributed by atoms with Crippen molar-refractivity contribution in [3.63, 3.8) is 0 Å². The molecule has 2 aromatic carbocycles. The first-order valence-electron chi connectivity index (χ1n) is 12.9. The third-order valence-electron chi connectivity index (χ3n) is 7.94. The summed E-state index contributed by atoms with van der Waals surface area (Å²) in [6.45, 7) is 1.96. The number of imidazole rings is 1. The summed E-state index contributed by atoms with van der Waals surface area (Å²) in [5.74, 6) is -1.26. The Labute approximate surface area is 219 Å².